The van der Waals surface area contributed by atoms with Gasteiger partial charge in [0.1, 0.15) is 5.75 Å². The number of hydrogen-bond acceptors (Lipinski definition) is 5. The van der Waals surface area contributed by atoms with Crippen LogP contribution in [0.15, 0.2) is 35.7 Å². The molecule has 0 spiro atoms. The van der Waals surface area contributed by atoms with Crippen molar-refractivity contribution in [2.45, 2.75) is 51.9 Å². The molecule has 0 saturated carbocycles. The molecule has 1 atom stereocenters. The number of aromatic nitrogens is 3. The van der Waals surface area contributed by atoms with Gasteiger partial charge in [-0.15, -0.1) is 11.3 Å². The maximum Gasteiger partial charge on any atom is 0.228 e. The van der Waals surface area contributed by atoms with Crippen LogP contribution in [0.25, 0.3) is 0 Å². The lowest BCUT2D eigenvalue weighted by Crippen LogP contribution is -2.30. The Morgan fingerprint density at radius 1 is 1.32 bits per heavy atom. The van der Waals surface area contributed by atoms with Gasteiger partial charge in [0.05, 0.1) is 29.4 Å². The molecule has 0 bridgehead atoms. The first-order chi connectivity index (χ1) is 15.0. The summed E-state index contributed by atoms with van der Waals surface area (Å²) in [5.74, 6) is 1.86. The molecule has 3 aromatic rings. The molecule has 1 saturated heterocycles. The van der Waals surface area contributed by atoms with E-state index in [-0.39, 0.29) is 11.8 Å². The smallest absolute Gasteiger partial charge is 0.228 e. The Bertz CT molecular complexity index is 1010. The minimum atomic E-state index is 0.153. The highest BCUT2D eigenvalue weighted by molar-refractivity contribution is 7.09. The van der Waals surface area contributed by atoms with Gasteiger partial charge in [0.15, 0.2) is 0 Å². The van der Waals surface area contributed by atoms with E-state index >= 15 is 0 Å². The fourth-order valence-corrected chi connectivity index (χ4v) is 4.54. The second-order valence-electron chi connectivity index (χ2n) is 8.50. The normalized spacial score (nSPS) is 16.3. The fourth-order valence-electron chi connectivity index (χ4n) is 3.93. The largest absolute Gasteiger partial charge is 0.493 e. The molecule has 0 radical (unpaired) electrons. The van der Waals surface area contributed by atoms with Gasteiger partial charge in [-0.25, -0.2) is 4.98 Å². The van der Waals surface area contributed by atoms with Crippen LogP contribution in [0.3, 0.4) is 0 Å². The Balaban J connectivity index is 1.24. The van der Waals surface area contributed by atoms with E-state index in [1.165, 1.54) is 5.56 Å². The third-order valence-electron chi connectivity index (χ3n) is 5.80. The highest BCUT2D eigenvalue weighted by Gasteiger charge is 2.29. The molecule has 1 aromatic carbocycles. The maximum absolute atomic E-state index is 12.6. The number of carbonyl (C=O) groups excluding carboxylic acids is 1. The molecule has 1 amide bonds. The average Bonchev–Trinajstić information content (AvgIpc) is 3.49. The summed E-state index contributed by atoms with van der Waals surface area (Å²) in [6, 6.07) is 10.4. The Hall–Kier alpha value is -2.67. The standard InChI is InChI=1S/C24H30N4O2S/c1-16(2)18-4-6-22(7-5-18)30-11-9-20-12-23(27-26-20)19-8-10-28(14-19)24(29)13-21-15-31-17(3)25-21/h4-7,12,15-16,19H,8-11,13-14H2,1-3H3,(H,26,27)/t19-/m1/s1. The first-order valence-electron chi connectivity index (χ1n) is 10.9. The zero-order chi connectivity index (χ0) is 21.8. The molecule has 1 aliphatic rings. The average molecular weight is 439 g/mol. The van der Waals surface area contributed by atoms with E-state index in [4.69, 9.17) is 4.74 Å². The SMILES string of the molecule is Cc1nc(CC(=O)N2CC[C@@H](c3cc(CCOc4ccc(C(C)C)cc4)[nH]n3)C2)cs1. The Morgan fingerprint density at radius 3 is 2.84 bits per heavy atom. The second kappa shape index (κ2) is 9.64. The second-order valence-corrected chi connectivity index (χ2v) is 9.56. The van der Waals surface area contributed by atoms with E-state index in [1.54, 1.807) is 11.3 Å². The summed E-state index contributed by atoms with van der Waals surface area (Å²) in [5.41, 5.74) is 4.29. The van der Waals surface area contributed by atoms with Crippen LogP contribution in [0.5, 0.6) is 5.75 Å². The molecular weight excluding hydrogens is 408 g/mol. The van der Waals surface area contributed by atoms with Crippen molar-refractivity contribution >= 4 is 17.2 Å². The highest BCUT2D eigenvalue weighted by Crippen LogP contribution is 2.27. The summed E-state index contributed by atoms with van der Waals surface area (Å²) >= 11 is 1.59. The predicted octanol–water partition coefficient (Wildman–Crippen LogP) is 4.48. The van der Waals surface area contributed by atoms with Crippen LogP contribution in [0.1, 0.15) is 59.8 Å². The van der Waals surface area contributed by atoms with E-state index < -0.39 is 0 Å². The molecule has 4 rings (SSSR count). The number of carbonyl (C=O) groups is 1. The van der Waals surface area contributed by atoms with E-state index in [0.29, 0.717) is 18.9 Å². The third kappa shape index (κ3) is 5.53. The van der Waals surface area contributed by atoms with E-state index in [1.807, 2.05) is 29.3 Å². The number of ether oxygens (including phenoxy) is 1. The number of likely N-dealkylation sites (tertiary alicyclic amines) is 1. The van der Waals surface area contributed by atoms with Gasteiger partial charge in [-0.3, -0.25) is 9.89 Å². The van der Waals surface area contributed by atoms with E-state index in [0.717, 1.165) is 53.8 Å². The van der Waals surface area contributed by atoms with E-state index in [2.05, 4.69) is 47.2 Å². The summed E-state index contributed by atoms with van der Waals surface area (Å²) in [4.78, 5) is 18.9. The number of benzene rings is 1. The number of hydrogen-bond donors (Lipinski definition) is 1. The van der Waals surface area contributed by atoms with Gasteiger partial charge < -0.3 is 9.64 Å². The molecule has 1 aliphatic heterocycles. The molecule has 1 fully saturated rings. The molecule has 7 heteroatoms. The predicted molar refractivity (Wildman–Crippen MR) is 123 cm³/mol. The van der Waals surface area contributed by atoms with Crippen LogP contribution in [0, 0.1) is 6.92 Å². The Kier molecular flexibility index (Phi) is 6.70. The number of thiazole rings is 1. The Morgan fingerprint density at radius 2 is 2.13 bits per heavy atom. The molecule has 31 heavy (non-hydrogen) atoms. The van der Waals surface area contributed by atoms with Gasteiger partial charge in [0.25, 0.3) is 0 Å². The number of rotatable bonds is 8. The van der Waals surface area contributed by atoms with Gasteiger partial charge in [-0.1, -0.05) is 26.0 Å². The molecule has 2 aromatic heterocycles. The van der Waals surface area contributed by atoms with Gasteiger partial charge >= 0.3 is 0 Å². The molecule has 0 aliphatic carbocycles. The number of H-pyrrole nitrogens is 1. The van der Waals surface area contributed by atoms with Crippen LogP contribution in [-0.4, -0.2) is 45.7 Å². The quantitative estimate of drug-likeness (QED) is 0.563. The molecule has 164 valence electrons. The molecule has 3 heterocycles. The number of aromatic amines is 1. The van der Waals surface area contributed by atoms with Crippen LogP contribution < -0.4 is 4.74 Å². The monoisotopic (exact) mass is 438 g/mol. The van der Waals surface area contributed by atoms with Crippen molar-refractivity contribution in [3.05, 3.63) is 63.4 Å². The van der Waals surface area contributed by atoms with Crippen LogP contribution in [-0.2, 0) is 17.6 Å². The maximum atomic E-state index is 12.6. The van der Waals surface area contributed by atoms with Gasteiger partial charge in [0.2, 0.25) is 5.91 Å². The fraction of sp³-hybridized carbons (Fsp3) is 0.458. The van der Waals surface area contributed by atoms with Crippen molar-refractivity contribution in [3.63, 3.8) is 0 Å². The lowest BCUT2D eigenvalue weighted by molar-refractivity contribution is -0.129. The van der Waals surface area contributed by atoms with Gasteiger partial charge in [-0.2, -0.15) is 5.10 Å². The Labute approximate surface area is 187 Å². The van der Waals surface area contributed by atoms with Crippen molar-refractivity contribution in [1.29, 1.82) is 0 Å². The van der Waals surface area contributed by atoms with Gasteiger partial charge in [0, 0.05) is 36.5 Å². The topological polar surface area (TPSA) is 71.1 Å². The minimum absolute atomic E-state index is 0.153. The molecule has 6 nitrogen and oxygen atoms in total. The van der Waals surface area contributed by atoms with Crippen LogP contribution in [0.2, 0.25) is 0 Å². The number of aryl methyl sites for hydroxylation is 1. The third-order valence-corrected chi connectivity index (χ3v) is 6.62. The number of nitrogens with zero attached hydrogens (tertiary/aromatic N) is 3. The first-order valence-corrected chi connectivity index (χ1v) is 11.8. The molecule has 1 N–H and O–H groups in total. The van der Waals surface area contributed by atoms with Crippen LogP contribution >= 0.6 is 11.3 Å². The summed E-state index contributed by atoms with van der Waals surface area (Å²) in [6.07, 6.45) is 2.11. The van der Waals surface area contributed by atoms with Crippen molar-refractivity contribution in [2.24, 2.45) is 0 Å². The number of nitrogens with one attached hydrogen (secondary N) is 1. The summed E-state index contributed by atoms with van der Waals surface area (Å²) in [6.45, 7) is 8.45. The zero-order valence-corrected chi connectivity index (χ0v) is 19.2. The van der Waals surface area contributed by atoms with Crippen molar-refractivity contribution in [3.8, 4) is 5.75 Å². The summed E-state index contributed by atoms with van der Waals surface area (Å²) in [7, 11) is 0. The van der Waals surface area contributed by atoms with Gasteiger partial charge in [-0.05, 0) is 43.0 Å². The summed E-state index contributed by atoms with van der Waals surface area (Å²) < 4.78 is 5.88. The zero-order valence-electron chi connectivity index (χ0n) is 18.4. The highest BCUT2D eigenvalue weighted by atomic mass is 32.1. The van der Waals surface area contributed by atoms with Crippen molar-refractivity contribution in [2.75, 3.05) is 19.7 Å². The molecular formula is C24H30N4O2S. The van der Waals surface area contributed by atoms with Crippen LogP contribution in [0.4, 0.5) is 0 Å². The minimum Gasteiger partial charge on any atom is -0.493 e. The van der Waals surface area contributed by atoms with Crippen molar-refractivity contribution in [1.82, 2.24) is 20.1 Å². The lowest BCUT2D eigenvalue weighted by Gasteiger charge is -2.15. The van der Waals surface area contributed by atoms with E-state index in [9.17, 15) is 4.79 Å². The summed E-state index contributed by atoms with van der Waals surface area (Å²) in [5, 5.41) is 10.6. The van der Waals surface area contributed by atoms with Crippen molar-refractivity contribution < 1.29 is 9.53 Å². The molecule has 0 unspecified atom stereocenters. The number of amides is 1. The first kappa shape index (κ1) is 21.6. The lowest BCUT2D eigenvalue weighted by atomic mass is 10.0.